The third kappa shape index (κ3) is 3.75. The Morgan fingerprint density at radius 2 is 2.04 bits per heavy atom. The van der Waals surface area contributed by atoms with Crippen LogP contribution in [0, 0.1) is 12.8 Å². The number of carbonyl (C=O) groups is 1. The van der Waals surface area contributed by atoms with Gasteiger partial charge in [-0.05, 0) is 25.3 Å². The van der Waals surface area contributed by atoms with Crippen LogP contribution in [-0.4, -0.2) is 42.2 Å². The zero-order valence-corrected chi connectivity index (χ0v) is 16.4. The van der Waals surface area contributed by atoms with Crippen LogP contribution in [0.4, 0.5) is 0 Å². The zero-order chi connectivity index (χ0) is 18.8. The molecule has 0 aliphatic rings. The van der Waals surface area contributed by atoms with E-state index in [9.17, 15) is 4.79 Å². The molecule has 0 aromatic carbocycles. The van der Waals surface area contributed by atoms with E-state index in [1.165, 1.54) is 11.3 Å². The van der Waals surface area contributed by atoms with Crippen LogP contribution in [0.2, 0.25) is 0 Å². The minimum absolute atomic E-state index is 0.155. The van der Waals surface area contributed by atoms with Crippen molar-refractivity contribution in [1.82, 2.24) is 15.3 Å². The minimum Gasteiger partial charge on any atom is -0.480 e. The van der Waals surface area contributed by atoms with Crippen molar-refractivity contribution in [2.24, 2.45) is 11.7 Å². The lowest BCUT2D eigenvalue weighted by molar-refractivity contribution is 0.0887. The van der Waals surface area contributed by atoms with Gasteiger partial charge in [0.1, 0.15) is 11.4 Å². The molecule has 1 atom stereocenters. The molecule has 0 saturated heterocycles. The van der Waals surface area contributed by atoms with Crippen LogP contribution in [0.5, 0.6) is 5.88 Å². The Morgan fingerprint density at radius 1 is 1.36 bits per heavy atom. The number of rotatable bonds is 7. The molecular formula is C17H26N4O3S. The maximum absolute atomic E-state index is 12.9. The smallest absolute Gasteiger partial charge is 0.262 e. The number of hydrogen-bond acceptors (Lipinski definition) is 7. The number of nitrogens with zero attached hydrogens (tertiary/aromatic N) is 2. The van der Waals surface area contributed by atoms with Crippen molar-refractivity contribution >= 4 is 27.5 Å². The van der Waals surface area contributed by atoms with Crippen molar-refractivity contribution in [3.05, 3.63) is 16.3 Å². The molecule has 0 radical (unpaired) electrons. The summed E-state index contributed by atoms with van der Waals surface area (Å²) in [5, 5.41) is 3.83. The summed E-state index contributed by atoms with van der Waals surface area (Å²) in [5.41, 5.74) is 6.21. The van der Waals surface area contributed by atoms with Gasteiger partial charge in [0.05, 0.1) is 22.9 Å². The number of nitrogens with one attached hydrogen (secondary N) is 1. The summed E-state index contributed by atoms with van der Waals surface area (Å²) in [6, 6.07) is 0. The molecule has 1 amide bonds. The molecule has 2 rings (SSSR count). The van der Waals surface area contributed by atoms with Crippen LogP contribution in [0.25, 0.3) is 10.2 Å². The van der Waals surface area contributed by atoms with E-state index in [0.717, 1.165) is 10.9 Å². The van der Waals surface area contributed by atoms with E-state index in [2.05, 4.69) is 15.3 Å². The summed E-state index contributed by atoms with van der Waals surface area (Å²) in [7, 11) is 3.14. The number of methoxy groups -OCH3 is 2. The SMILES string of the molecule is COCc1nc(OC)c2c(C)c(C(=O)NC(C)(CN)C(C)C)sc2n1. The molecule has 2 heterocycles. The molecule has 0 aliphatic heterocycles. The molecule has 7 nitrogen and oxygen atoms in total. The average Bonchev–Trinajstić information content (AvgIpc) is 2.91. The van der Waals surface area contributed by atoms with Crippen LogP contribution >= 0.6 is 11.3 Å². The third-order valence-corrected chi connectivity index (χ3v) is 5.76. The highest BCUT2D eigenvalue weighted by Crippen LogP contribution is 2.35. The van der Waals surface area contributed by atoms with Crippen molar-refractivity contribution in [2.45, 2.75) is 39.8 Å². The quantitative estimate of drug-likeness (QED) is 0.780. The predicted octanol–water partition coefficient (Wildman–Crippen LogP) is 2.26. The van der Waals surface area contributed by atoms with Gasteiger partial charge in [-0.1, -0.05) is 13.8 Å². The number of amides is 1. The fourth-order valence-electron chi connectivity index (χ4n) is 2.45. The van der Waals surface area contributed by atoms with Gasteiger partial charge in [0.15, 0.2) is 5.82 Å². The molecule has 3 N–H and O–H groups in total. The Labute approximate surface area is 151 Å². The molecular weight excluding hydrogens is 340 g/mol. The summed E-state index contributed by atoms with van der Waals surface area (Å²) >= 11 is 1.32. The highest BCUT2D eigenvalue weighted by Gasteiger charge is 2.31. The predicted molar refractivity (Wildman–Crippen MR) is 99.2 cm³/mol. The van der Waals surface area contributed by atoms with Gasteiger partial charge in [0, 0.05) is 13.7 Å². The van der Waals surface area contributed by atoms with E-state index in [1.54, 1.807) is 14.2 Å². The molecule has 8 heteroatoms. The fraction of sp³-hybridized carbons (Fsp3) is 0.588. The highest BCUT2D eigenvalue weighted by molar-refractivity contribution is 7.20. The standard InChI is InChI=1S/C17H26N4O3S/c1-9(2)17(4,8-18)21-14(22)13-10(3)12-15(24-6)19-11(7-23-5)20-16(12)25-13/h9H,7-8,18H2,1-6H3,(H,21,22). The highest BCUT2D eigenvalue weighted by atomic mass is 32.1. The number of thiophene rings is 1. The Hall–Kier alpha value is -1.77. The molecule has 0 spiro atoms. The van der Waals surface area contributed by atoms with Crippen molar-refractivity contribution in [1.29, 1.82) is 0 Å². The van der Waals surface area contributed by atoms with E-state index in [4.69, 9.17) is 15.2 Å². The molecule has 25 heavy (non-hydrogen) atoms. The third-order valence-electron chi connectivity index (χ3n) is 4.57. The number of fused-ring (bicyclic) bond motifs is 1. The first-order valence-corrected chi connectivity index (χ1v) is 8.94. The van der Waals surface area contributed by atoms with Crippen LogP contribution in [0.3, 0.4) is 0 Å². The maximum Gasteiger partial charge on any atom is 0.262 e. The van der Waals surface area contributed by atoms with E-state index in [-0.39, 0.29) is 18.4 Å². The number of aryl methyl sites for hydroxylation is 1. The summed E-state index contributed by atoms with van der Waals surface area (Å²) in [6.07, 6.45) is 0. The van der Waals surface area contributed by atoms with Crippen molar-refractivity contribution in [3.63, 3.8) is 0 Å². The Balaban J connectivity index is 2.48. The van der Waals surface area contributed by atoms with Crippen LogP contribution < -0.4 is 15.8 Å². The Kier molecular flexibility index (Phi) is 5.97. The second-order valence-electron chi connectivity index (χ2n) is 6.55. The minimum atomic E-state index is -0.476. The largest absolute Gasteiger partial charge is 0.480 e. The van der Waals surface area contributed by atoms with Gasteiger partial charge in [-0.15, -0.1) is 11.3 Å². The van der Waals surface area contributed by atoms with Gasteiger partial charge < -0.3 is 20.5 Å². The average molecular weight is 366 g/mol. The van der Waals surface area contributed by atoms with Gasteiger partial charge in [-0.2, -0.15) is 4.98 Å². The maximum atomic E-state index is 12.9. The lowest BCUT2D eigenvalue weighted by Gasteiger charge is -2.33. The molecule has 0 aliphatic carbocycles. The number of hydrogen-bond donors (Lipinski definition) is 2. The summed E-state index contributed by atoms with van der Waals surface area (Å²) in [4.78, 5) is 23.0. The summed E-state index contributed by atoms with van der Waals surface area (Å²) in [5.74, 6) is 1.03. The topological polar surface area (TPSA) is 99.4 Å². The van der Waals surface area contributed by atoms with E-state index >= 15 is 0 Å². The van der Waals surface area contributed by atoms with Crippen molar-refractivity contribution < 1.29 is 14.3 Å². The van der Waals surface area contributed by atoms with Crippen LogP contribution in [0.1, 0.15) is 41.8 Å². The zero-order valence-electron chi connectivity index (χ0n) is 15.6. The van der Waals surface area contributed by atoms with Crippen LogP contribution in [0.15, 0.2) is 0 Å². The number of carbonyl (C=O) groups excluding carboxylic acids is 1. The second kappa shape index (κ2) is 7.63. The molecule has 0 saturated carbocycles. The van der Waals surface area contributed by atoms with Gasteiger partial charge in [0.2, 0.25) is 5.88 Å². The van der Waals surface area contributed by atoms with Crippen molar-refractivity contribution in [3.8, 4) is 5.88 Å². The van der Waals surface area contributed by atoms with Crippen LogP contribution in [-0.2, 0) is 11.3 Å². The normalized spacial score (nSPS) is 13.9. The number of nitrogens with two attached hydrogens (primary N) is 1. The molecule has 0 fully saturated rings. The van der Waals surface area contributed by atoms with Gasteiger partial charge in [-0.25, -0.2) is 4.98 Å². The van der Waals surface area contributed by atoms with Crippen molar-refractivity contribution in [2.75, 3.05) is 20.8 Å². The number of ether oxygens (including phenoxy) is 2. The first kappa shape index (κ1) is 19.6. The lowest BCUT2D eigenvalue weighted by Crippen LogP contribution is -2.54. The van der Waals surface area contributed by atoms with Gasteiger partial charge >= 0.3 is 0 Å². The molecule has 0 bridgehead atoms. The number of aromatic nitrogens is 2. The van der Waals surface area contributed by atoms with E-state index in [0.29, 0.717) is 28.0 Å². The van der Waals surface area contributed by atoms with Gasteiger partial charge in [-0.3, -0.25) is 4.79 Å². The summed E-state index contributed by atoms with van der Waals surface area (Å²) < 4.78 is 10.5. The summed E-state index contributed by atoms with van der Waals surface area (Å²) in [6.45, 7) is 8.55. The Bertz CT molecular complexity index is 775. The molecule has 2 aromatic heterocycles. The van der Waals surface area contributed by atoms with E-state index in [1.807, 2.05) is 27.7 Å². The Morgan fingerprint density at radius 3 is 2.56 bits per heavy atom. The first-order valence-electron chi connectivity index (χ1n) is 8.12. The van der Waals surface area contributed by atoms with Gasteiger partial charge in [0.25, 0.3) is 5.91 Å². The second-order valence-corrected chi connectivity index (χ2v) is 7.55. The lowest BCUT2D eigenvalue weighted by atomic mass is 9.88. The molecule has 1 unspecified atom stereocenters. The molecule has 138 valence electrons. The fourth-order valence-corrected chi connectivity index (χ4v) is 3.54. The first-order chi connectivity index (χ1) is 11.8. The van der Waals surface area contributed by atoms with E-state index < -0.39 is 5.54 Å². The molecule has 2 aromatic rings. The monoisotopic (exact) mass is 366 g/mol.